The summed E-state index contributed by atoms with van der Waals surface area (Å²) in [5.74, 6) is 0.206. The molecule has 1 saturated heterocycles. The molecule has 2 aromatic carbocycles. The van der Waals surface area contributed by atoms with Crippen LogP contribution in [0.15, 0.2) is 54.6 Å². The molecule has 1 N–H and O–H groups in total. The van der Waals surface area contributed by atoms with Crippen molar-refractivity contribution in [3.63, 3.8) is 0 Å². The van der Waals surface area contributed by atoms with Gasteiger partial charge in [0.1, 0.15) is 0 Å². The van der Waals surface area contributed by atoms with Crippen molar-refractivity contribution in [1.29, 1.82) is 0 Å². The van der Waals surface area contributed by atoms with E-state index < -0.39 is 0 Å². The molecule has 1 amide bonds. The quantitative estimate of drug-likeness (QED) is 0.817. The fourth-order valence-corrected chi connectivity index (χ4v) is 3.68. The molecule has 0 radical (unpaired) electrons. The van der Waals surface area contributed by atoms with Gasteiger partial charge >= 0.3 is 0 Å². The highest BCUT2D eigenvalue weighted by atomic mass is 16.2. The number of rotatable bonds is 6. The van der Waals surface area contributed by atoms with Gasteiger partial charge in [0.25, 0.3) is 0 Å². The molecule has 0 atom stereocenters. The Bertz CT molecular complexity index is 709. The topological polar surface area (TPSA) is 35.6 Å². The van der Waals surface area contributed by atoms with Gasteiger partial charge in [-0.25, -0.2) is 0 Å². The number of benzene rings is 2. The highest BCUT2D eigenvalue weighted by molar-refractivity contribution is 5.82. The van der Waals surface area contributed by atoms with Crippen molar-refractivity contribution in [2.24, 2.45) is 0 Å². The molecule has 1 fully saturated rings. The lowest BCUT2D eigenvalue weighted by Crippen LogP contribution is -2.37. The second kappa shape index (κ2) is 10.0. The van der Waals surface area contributed by atoms with Gasteiger partial charge < -0.3 is 15.1 Å². The maximum Gasteiger partial charge on any atom is 0.241 e. The average Bonchev–Trinajstić information content (AvgIpc) is 2.67. The second-order valence-electron chi connectivity index (χ2n) is 7.36. The number of amides is 1. The standard InChI is InChI=1S/C23H31N3O/c1-25(19-20-12-6-5-7-13-20)22-15-9-8-14-21(22)24-18-23(27)26-16-10-3-2-4-11-17-26/h5-9,12-15,24H,2-4,10-11,16-19H2,1H3. The molecule has 0 saturated carbocycles. The molecule has 4 heteroatoms. The summed E-state index contributed by atoms with van der Waals surface area (Å²) in [5.41, 5.74) is 3.39. The Hall–Kier alpha value is -2.49. The lowest BCUT2D eigenvalue weighted by molar-refractivity contribution is -0.129. The van der Waals surface area contributed by atoms with Crippen molar-refractivity contribution in [3.05, 3.63) is 60.2 Å². The smallest absolute Gasteiger partial charge is 0.241 e. The molecule has 0 spiro atoms. The molecule has 0 unspecified atom stereocenters. The number of nitrogens with one attached hydrogen (secondary N) is 1. The van der Waals surface area contributed by atoms with Gasteiger partial charge in [-0.1, -0.05) is 61.7 Å². The maximum atomic E-state index is 12.7. The molecule has 27 heavy (non-hydrogen) atoms. The molecule has 4 nitrogen and oxygen atoms in total. The summed E-state index contributed by atoms with van der Waals surface area (Å²) in [7, 11) is 2.09. The molecule has 1 heterocycles. The highest BCUT2D eigenvalue weighted by Crippen LogP contribution is 2.26. The summed E-state index contributed by atoms with van der Waals surface area (Å²) >= 11 is 0. The van der Waals surface area contributed by atoms with Crippen LogP contribution in [0.4, 0.5) is 11.4 Å². The van der Waals surface area contributed by atoms with E-state index in [1.807, 2.05) is 23.1 Å². The zero-order chi connectivity index (χ0) is 18.9. The minimum absolute atomic E-state index is 0.206. The molecule has 144 valence electrons. The van der Waals surface area contributed by atoms with Gasteiger partial charge in [-0.2, -0.15) is 0 Å². The predicted molar refractivity (Wildman–Crippen MR) is 113 cm³/mol. The summed E-state index contributed by atoms with van der Waals surface area (Å²) in [6.07, 6.45) is 6.04. The van der Waals surface area contributed by atoms with Gasteiger partial charge in [0.15, 0.2) is 0 Å². The number of nitrogens with zero attached hydrogens (tertiary/aromatic N) is 2. The van der Waals surface area contributed by atoms with Crippen LogP contribution in [0.3, 0.4) is 0 Å². The minimum atomic E-state index is 0.206. The number of likely N-dealkylation sites (tertiary alicyclic amines) is 1. The van der Waals surface area contributed by atoms with Crippen LogP contribution in [0.1, 0.15) is 37.7 Å². The molecule has 0 aliphatic carbocycles. The van der Waals surface area contributed by atoms with E-state index in [0.29, 0.717) is 6.54 Å². The zero-order valence-corrected chi connectivity index (χ0v) is 16.4. The molecule has 1 aliphatic rings. The lowest BCUT2D eigenvalue weighted by atomic mass is 10.1. The number of carbonyl (C=O) groups is 1. The van der Waals surface area contributed by atoms with E-state index in [2.05, 4.69) is 53.7 Å². The van der Waals surface area contributed by atoms with Gasteiger partial charge in [-0.05, 0) is 30.5 Å². The second-order valence-corrected chi connectivity index (χ2v) is 7.36. The van der Waals surface area contributed by atoms with E-state index in [0.717, 1.165) is 43.9 Å². The van der Waals surface area contributed by atoms with Gasteiger partial charge in [-0.15, -0.1) is 0 Å². The Morgan fingerprint density at radius 3 is 2.30 bits per heavy atom. The normalized spacial score (nSPS) is 14.9. The summed E-state index contributed by atoms with van der Waals surface area (Å²) in [6.45, 7) is 2.99. The predicted octanol–water partition coefficient (Wildman–Crippen LogP) is 4.53. The van der Waals surface area contributed by atoms with E-state index in [1.54, 1.807) is 0 Å². The highest BCUT2D eigenvalue weighted by Gasteiger charge is 2.15. The molecular formula is C23H31N3O. The third-order valence-corrected chi connectivity index (χ3v) is 5.22. The molecule has 2 aromatic rings. The van der Waals surface area contributed by atoms with E-state index in [9.17, 15) is 4.79 Å². The Balaban J connectivity index is 1.60. The third-order valence-electron chi connectivity index (χ3n) is 5.22. The van der Waals surface area contributed by atoms with E-state index in [4.69, 9.17) is 0 Å². The largest absolute Gasteiger partial charge is 0.374 e. The summed E-state index contributed by atoms with van der Waals surface area (Å²) in [4.78, 5) is 16.9. The number of anilines is 2. The first kappa shape index (κ1) is 19.3. The van der Waals surface area contributed by atoms with Crippen LogP contribution in [0.2, 0.25) is 0 Å². The van der Waals surface area contributed by atoms with Gasteiger partial charge in [-0.3, -0.25) is 4.79 Å². The van der Waals surface area contributed by atoms with Gasteiger partial charge in [0, 0.05) is 26.7 Å². The first-order valence-corrected chi connectivity index (χ1v) is 10.1. The first-order chi connectivity index (χ1) is 13.2. The summed E-state index contributed by atoms with van der Waals surface area (Å²) in [5, 5.41) is 3.38. The van der Waals surface area contributed by atoms with Crippen LogP contribution in [0.25, 0.3) is 0 Å². The van der Waals surface area contributed by atoms with E-state index in [-0.39, 0.29) is 5.91 Å². The molecule has 0 bridgehead atoms. The average molecular weight is 366 g/mol. The Morgan fingerprint density at radius 2 is 1.56 bits per heavy atom. The number of hydrogen-bond donors (Lipinski definition) is 1. The van der Waals surface area contributed by atoms with E-state index in [1.165, 1.54) is 24.8 Å². The van der Waals surface area contributed by atoms with Crippen molar-refractivity contribution >= 4 is 17.3 Å². The number of para-hydroxylation sites is 2. The van der Waals surface area contributed by atoms with Crippen molar-refractivity contribution in [2.45, 2.75) is 38.6 Å². The molecular weight excluding hydrogens is 334 g/mol. The van der Waals surface area contributed by atoms with Crippen LogP contribution >= 0.6 is 0 Å². The number of carbonyl (C=O) groups excluding carboxylic acids is 1. The van der Waals surface area contributed by atoms with Crippen molar-refractivity contribution in [3.8, 4) is 0 Å². The number of hydrogen-bond acceptors (Lipinski definition) is 3. The monoisotopic (exact) mass is 365 g/mol. The first-order valence-electron chi connectivity index (χ1n) is 10.1. The Morgan fingerprint density at radius 1 is 0.926 bits per heavy atom. The summed E-state index contributed by atoms with van der Waals surface area (Å²) in [6, 6.07) is 18.7. The minimum Gasteiger partial charge on any atom is -0.374 e. The maximum absolute atomic E-state index is 12.7. The lowest BCUT2D eigenvalue weighted by Gasteiger charge is -2.26. The van der Waals surface area contributed by atoms with Crippen LogP contribution in [-0.4, -0.2) is 37.5 Å². The molecule has 3 rings (SSSR count). The van der Waals surface area contributed by atoms with Crippen molar-refractivity contribution < 1.29 is 4.79 Å². The van der Waals surface area contributed by atoms with Crippen LogP contribution in [-0.2, 0) is 11.3 Å². The van der Waals surface area contributed by atoms with Crippen molar-refractivity contribution in [2.75, 3.05) is 36.9 Å². The Kier molecular flexibility index (Phi) is 7.14. The summed E-state index contributed by atoms with van der Waals surface area (Å²) < 4.78 is 0. The zero-order valence-electron chi connectivity index (χ0n) is 16.4. The SMILES string of the molecule is CN(Cc1ccccc1)c1ccccc1NCC(=O)N1CCCCCCC1. The van der Waals surface area contributed by atoms with Crippen LogP contribution < -0.4 is 10.2 Å². The Labute approximate surface area is 163 Å². The van der Waals surface area contributed by atoms with Gasteiger partial charge in [0.2, 0.25) is 5.91 Å². The van der Waals surface area contributed by atoms with Crippen LogP contribution in [0, 0.1) is 0 Å². The van der Waals surface area contributed by atoms with Crippen molar-refractivity contribution in [1.82, 2.24) is 4.90 Å². The van der Waals surface area contributed by atoms with Gasteiger partial charge in [0.05, 0.1) is 17.9 Å². The fraction of sp³-hybridized carbons (Fsp3) is 0.435. The third kappa shape index (κ3) is 5.75. The van der Waals surface area contributed by atoms with E-state index >= 15 is 0 Å². The van der Waals surface area contributed by atoms with Crippen LogP contribution in [0.5, 0.6) is 0 Å². The fourth-order valence-electron chi connectivity index (χ4n) is 3.68. The molecule has 1 aliphatic heterocycles. The molecule has 0 aromatic heterocycles.